The van der Waals surface area contributed by atoms with Crippen molar-refractivity contribution in [1.82, 2.24) is 5.32 Å². The zero-order valence-corrected chi connectivity index (χ0v) is 12.1. The topological polar surface area (TPSA) is 64.3 Å². The first-order chi connectivity index (χ1) is 9.19. The standard InChI is InChI=1S/C15H28N2O2/c1-2-3-4-5-10-19-11-15(14(16)18,12-6-7-12)17-13-8-9-13/h12-13,17H,2-11H2,1H3,(H2,16,18). The molecular weight excluding hydrogens is 240 g/mol. The fourth-order valence-electron chi connectivity index (χ4n) is 2.65. The number of amides is 1. The third-order valence-electron chi connectivity index (χ3n) is 4.22. The Labute approximate surface area is 116 Å². The van der Waals surface area contributed by atoms with E-state index in [-0.39, 0.29) is 5.91 Å². The van der Waals surface area contributed by atoms with E-state index in [1.807, 2.05) is 0 Å². The van der Waals surface area contributed by atoms with Gasteiger partial charge in [-0.2, -0.15) is 0 Å². The van der Waals surface area contributed by atoms with Crippen LogP contribution in [-0.2, 0) is 9.53 Å². The molecule has 2 rings (SSSR count). The maximum atomic E-state index is 11.9. The van der Waals surface area contributed by atoms with Crippen LogP contribution in [0.1, 0.15) is 58.3 Å². The predicted octanol–water partition coefficient (Wildman–Crippen LogP) is 1.97. The molecule has 3 N–H and O–H groups in total. The lowest BCUT2D eigenvalue weighted by molar-refractivity contribution is -0.128. The molecule has 4 nitrogen and oxygen atoms in total. The molecule has 2 aliphatic rings. The molecule has 1 atom stereocenters. The molecule has 0 aromatic carbocycles. The van der Waals surface area contributed by atoms with E-state index in [2.05, 4.69) is 12.2 Å². The van der Waals surface area contributed by atoms with Crippen LogP contribution in [0.3, 0.4) is 0 Å². The van der Waals surface area contributed by atoms with Crippen LogP contribution in [0.4, 0.5) is 0 Å². The van der Waals surface area contributed by atoms with Crippen LogP contribution in [0.25, 0.3) is 0 Å². The first-order valence-electron chi connectivity index (χ1n) is 7.84. The molecule has 0 spiro atoms. The Morgan fingerprint density at radius 2 is 2.00 bits per heavy atom. The van der Waals surface area contributed by atoms with E-state index in [4.69, 9.17) is 10.5 Å². The smallest absolute Gasteiger partial charge is 0.240 e. The zero-order chi connectivity index (χ0) is 13.7. The third kappa shape index (κ3) is 4.18. The van der Waals surface area contributed by atoms with Gasteiger partial charge in [-0.3, -0.25) is 10.1 Å². The van der Waals surface area contributed by atoms with Gasteiger partial charge in [0.1, 0.15) is 5.54 Å². The van der Waals surface area contributed by atoms with E-state index < -0.39 is 5.54 Å². The summed E-state index contributed by atoms with van der Waals surface area (Å²) in [6.07, 6.45) is 9.31. The van der Waals surface area contributed by atoms with Gasteiger partial charge >= 0.3 is 0 Å². The van der Waals surface area contributed by atoms with Crippen LogP contribution >= 0.6 is 0 Å². The maximum Gasteiger partial charge on any atom is 0.240 e. The van der Waals surface area contributed by atoms with Crippen molar-refractivity contribution in [2.24, 2.45) is 11.7 Å². The number of hydrogen-bond donors (Lipinski definition) is 2. The van der Waals surface area contributed by atoms with Crippen molar-refractivity contribution < 1.29 is 9.53 Å². The molecule has 1 amide bonds. The van der Waals surface area contributed by atoms with Gasteiger partial charge in [0.2, 0.25) is 5.91 Å². The summed E-state index contributed by atoms with van der Waals surface area (Å²) < 4.78 is 5.77. The van der Waals surface area contributed by atoms with Crippen molar-refractivity contribution >= 4 is 5.91 Å². The Bertz CT molecular complexity index is 301. The lowest BCUT2D eigenvalue weighted by Crippen LogP contribution is -2.61. The molecule has 0 aromatic heterocycles. The first kappa shape index (κ1) is 14.8. The number of ether oxygens (including phenoxy) is 1. The quantitative estimate of drug-likeness (QED) is 0.563. The molecule has 19 heavy (non-hydrogen) atoms. The average molecular weight is 268 g/mol. The molecule has 0 aromatic rings. The number of nitrogens with one attached hydrogen (secondary N) is 1. The van der Waals surface area contributed by atoms with Crippen molar-refractivity contribution in [3.05, 3.63) is 0 Å². The molecule has 0 aliphatic heterocycles. The van der Waals surface area contributed by atoms with Crippen LogP contribution in [0.2, 0.25) is 0 Å². The molecule has 2 saturated carbocycles. The van der Waals surface area contributed by atoms with Crippen molar-refractivity contribution in [3.63, 3.8) is 0 Å². The summed E-state index contributed by atoms with van der Waals surface area (Å²) in [4.78, 5) is 11.9. The van der Waals surface area contributed by atoms with Gasteiger partial charge in [-0.15, -0.1) is 0 Å². The maximum absolute atomic E-state index is 11.9. The van der Waals surface area contributed by atoms with E-state index in [9.17, 15) is 4.79 Å². The highest BCUT2D eigenvalue weighted by Crippen LogP contribution is 2.41. The monoisotopic (exact) mass is 268 g/mol. The van der Waals surface area contributed by atoms with Crippen LogP contribution in [0.5, 0.6) is 0 Å². The lowest BCUT2D eigenvalue weighted by Gasteiger charge is -2.32. The number of carbonyl (C=O) groups excluding carboxylic acids is 1. The van der Waals surface area contributed by atoms with Crippen molar-refractivity contribution in [3.8, 4) is 0 Å². The van der Waals surface area contributed by atoms with E-state index in [0.717, 1.165) is 38.7 Å². The van der Waals surface area contributed by atoms with Gasteiger partial charge in [-0.25, -0.2) is 0 Å². The number of hydrogen-bond acceptors (Lipinski definition) is 3. The average Bonchev–Trinajstić information content (AvgIpc) is 3.25. The van der Waals surface area contributed by atoms with Gasteiger partial charge in [0.15, 0.2) is 0 Å². The minimum absolute atomic E-state index is 0.226. The lowest BCUT2D eigenvalue weighted by atomic mass is 9.93. The van der Waals surface area contributed by atoms with E-state index in [0.29, 0.717) is 18.6 Å². The highest BCUT2D eigenvalue weighted by Gasteiger charge is 2.52. The summed E-state index contributed by atoms with van der Waals surface area (Å²) in [5.74, 6) is 0.164. The van der Waals surface area contributed by atoms with Gasteiger partial charge in [-0.05, 0) is 38.0 Å². The van der Waals surface area contributed by atoms with Gasteiger partial charge in [0, 0.05) is 12.6 Å². The van der Waals surface area contributed by atoms with Crippen LogP contribution in [-0.4, -0.2) is 30.7 Å². The summed E-state index contributed by atoms with van der Waals surface area (Å²) in [7, 11) is 0. The number of carbonyl (C=O) groups is 1. The number of primary amides is 1. The highest BCUT2D eigenvalue weighted by atomic mass is 16.5. The Balaban J connectivity index is 1.77. The van der Waals surface area contributed by atoms with Crippen LogP contribution < -0.4 is 11.1 Å². The molecule has 0 heterocycles. The van der Waals surface area contributed by atoms with Gasteiger partial charge in [-0.1, -0.05) is 26.2 Å². The Morgan fingerprint density at radius 3 is 2.53 bits per heavy atom. The van der Waals surface area contributed by atoms with Crippen LogP contribution in [0.15, 0.2) is 0 Å². The summed E-state index contributed by atoms with van der Waals surface area (Å²) in [6.45, 7) is 3.40. The fourth-order valence-corrected chi connectivity index (χ4v) is 2.65. The number of nitrogens with two attached hydrogens (primary N) is 1. The summed E-state index contributed by atoms with van der Waals surface area (Å²) in [5.41, 5.74) is 5.08. The van der Waals surface area contributed by atoms with Gasteiger partial charge in [0.05, 0.1) is 6.61 Å². The molecule has 0 saturated heterocycles. The van der Waals surface area contributed by atoms with Crippen molar-refractivity contribution in [2.45, 2.75) is 69.9 Å². The SMILES string of the molecule is CCCCCCOCC(NC1CC1)(C(N)=O)C1CC1. The second kappa shape index (κ2) is 6.71. The summed E-state index contributed by atoms with van der Waals surface area (Å²) in [5, 5.41) is 3.47. The zero-order valence-electron chi connectivity index (χ0n) is 12.1. The first-order valence-corrected chi connectivity index (χ1v) is 7.84. The van der Waals surface area contributed by atoms with Crippen molar-refractivity contribution in [2.75, 3.05) is 13.2 Å². The second-order valence-corrected chi connectivity index (χ2v) is 6.14. The van der Waals surface area contributed by atoms with Crippen LogP contribution in [0, 0.1) is 5.92 Å². The second-order valence-electron chi connectivity index (χ2n) is 6.14. The highest BCUT2D eigenvalue weighted by molar-refractivity contribution is 5.86. The molecule has 4 heteroatoms. The molecule has 2 aliphatic carbocycles. The Morgan fingerprint density at radius 1 is 1.26 bits per heavy atom. The number of unbranched alkanes of at least 4 members (excludes halogenated alkanes) is 3. The van der Waals surface area contributed by atoms with E-state index in [1.54, 1.807) is 0 Å². The van der Waals surface area contributed by atoms with E-state index >= 15 is 0 Å². The van der Waals surface area contributed by atoms with Gasteiger partial charge < -0.3 is 10.5 Å². The van der Waals surface area contributed by atoms with Gasteiger partial charge in [0.25, 0.3) is 0 Å². The molecule has 110 valence electrons. The minimum atomic E-state index is -0.591. The summed E-state index contributed by atoms with van der Waals surface area (Å²) in [6, 6.07) is 0.483. The molecular formula is C15H28N2O2. The number of rotatable bonds is 11. The molecule has 0 radical (unpaired) electrons. The van der Waals surface area contributed by atoms with E-state index in [1.165, 1.54) is 19.3 Å². The minimum Gasteiger partial charge on any atom is -0.379 e. The Kier molecular flexibility index (Phi) is 5.22. The largest absolute Gasteiger partial charge is 0.379 e. The molecule has 1 unspecified atom stereocenters. The molecule has 0 bridgehead atoms. The third-order valence-corrected chi connectivity index (χ3v) is 4.22. The normalized spacial score (nSPS) is 22.2. The Hall–Kier alpha value is -0.610. The predicted molar refractivity (Wildman–Crippen MR) is 75.8 cm³/mol. The van der Waals surface area contributed by atoms with Crippen molar-refractivity contribution in [1.29, 1.82) is 0 Å². The summed E-state index contributed by atoms with van der Waals surface area (Å²) >= 11 is 0. The fraction of sp³-hybridized carbons (Fsp3) is 0.933. The molecule has 2 fully saturated rings.